The maximum absolute atomic E-state index is 13.8. The zero-order valence-corrected chi connectivity index (χ0v) is 22.0. The predicted molar refractivity (Wildman–Crippen MR) is 137 cm³/mol. The molecule has 1 amide bonds. The van der Waals surface area contributed by atoms with Crippen molar-refractivity contribution in [3.8, 4) is 5.69 Å². The number of nitro benzene ring substituents is 1. The summed E-state index contributed by atoms with van der Waals surface area (Å²) in [6.07, 6.45) is 6.86. The van der Waals surface area contributed by atoms with Crippen LogP contribution < -0.4 is 4.90 Å². The molecule has 4 bridgehead atoms. The molecule has 0 spiro atoms. The number of hydrogen-bond donors (Lipinski definition) is 0. The highest BCUT2D eigenvalue weighted by Crippen LogP contribution is 2.64. The first-order valence-electron chi connectivity index (χ1n) is 12.7. The second kappa shape index (κ2) is 8.05. The van der Waals surface area contributed by atoms with Crippen LogP contribution in [0.4, 0.5) is 11.4 Å². The summed E-state index contributed by atoms with van der Waals surface area (Å²) < 4.78 is 1.83. The van der Waals surface area contributed by atoms with Gasteiger partial charge in [-0.1, -0.05) is 15.9 Å². The Labute approximate surface area is 213 Å². The lowest BCUT2D eigenvalue weighted by atomic mass is 9.49. The van der Waals surface area contributed by atoms with Crippen molar-refractivity contribution in [2.24, 2.45) is 17.3 Å². The molecule has 2 aromatic rings. The fourth-order valence-electron chi connectivity index (χ4n) is 7.81. The predicted octanol–water partition coefficient (Wildman–Crippen LogP) is 4.78. The van der Waals surface area contributed by atoms with E-state index < -0.39 is 0 Å². The summed E-state index contributed by atoms with van der Waals surface area (Å²) in [7, 11) is 0. The van der Waals surface area contributed by atoms with Gasteiger partial charge in [0.25, 0.3) is 5.69 Å². The van der Waals surface area contributed by atoms with E-state index in [2.05, 4.69) is 30.8 Å². The van der Waals surface area contributed by atoms with E-state index in [9.17, 15) is 14.9 Å². The molecule has 5 fully saturated rings. The van der Waals surface area contributed by atoms with Gasteiger partial charge in [0.05, 0.1) is 16.0 Å². The number of carbonyl (C=O) groups excluding carboxylic acids is 1. The van der Waals surface area contributed by atoms with Gasteiger partial charge < -0.3 is 9.80 Å². The lowest BCUT2D eigenvalue weighted by Crippen LogP contribution is -2.61. The van der Waals surface area contributed by atoms with E-state index in [0.717, 1.165) is 49.4 Å². The van der Waals surface area contributed by atoms with Crippen LogP contribution in [0.2, 0.25) is 0 Å². The number of benzene rings is 1. The SMILES string of the molecule is Cc1cc(C)n(-c2cc(N3CCN(C(=O)C45CC6CC(CC(Br)(C6)C4)C5)CC3)ccc2[N+](=O)[O-])n1. The molecule has 35 heavy (non-hydrogen) atoms. The number of alkyl halides is 1. The highest BCUT2D eigenvalue weighted by atomic mass is 79.9. The minimum absolute atomic E-state index is 0.0410. The third kappa shape index (κ3) is 3.86. The normalized spacial score (nSPS) is 31.7. The molecule has 5 aliphatic rings. The fourth-order valence-corrected chi connectivity index (χ4v) is 9.26. The highest BCUT2D eigenvalue weighted by Gasteiger charge is 2.60. The summed E-state index contributed by atoms with van der Waals surface area (Å²) in [5, 5.41) is 16.2. The van der Waals surface area contributed by atoms with E-state index in [1.807, 2.05) is 32.0 Å². The molecule has 1 aromatic heterocycles. The molecule has 1 saturated heterocycles. The number of nitrogens with zero attached hydrogens (tertiary/aromatic N) is 5. The van der Waals surface area contributed by atoms with Crippen molar-refractivity contribution in [2.75, 3.05) is 31.1 Å². The maximum Gasteiger partial charge on any atom is 0.295 e. The van der Waals surface area contributed by atoms with E-state index in [0.29, 0.717) is 36.5 Å². The van der Waals surface area contributed by atoms with Crippen molar-refractivity contribution >= 4 is 33.2 Å². The first kappa shape index (κ1) is 23.0. The number of hydrogen-bond acceptors (Lipinski definition) is 5. The first-order chi connectivity index (χ1) is 16.6. The molecular formula is C26H32BrN5O3. The van der Waals surface area contributed by atoms with Crippen molar-refractivity contribution in [1.29, 1.82) is 0 Å². The van der Waals surface area contributed by atoms with Gasteiger partial charge in [0.2, 0.25) is 5.91 Å². The molecule has 0 N–H and O–H groups in total. The van der Waals surface area contributed by atoms with Crippen molar-refractivity contribution in [3.05, 3.63) is 45.8 Å². The van der Waals surface area contributed by atoms with Gasteiger partial charge in [0.15, 0.2) is 0 Å². The molecule has 4 saturated carbocycles. The number of nitro groups is 1. The van der Waals surface area contributed by atoms with Gasteiger partial charge in [-0.3, -0.25) is 14.9 Å². The minimum atomic E-state index is -0.353. The number of carbonyl (C=O) groups is 1. The molecule has 2 atom stereocenters. The topological polar surface area (TPSA) is 84.5 Å². The van der Waals surface area contributed by atoms with E-state index in [4.69, 9.17) is 0 Å². The van der Waals surface area contributed by atoms with Crippen LogP contribution in [0.1, 0.15) is 49.9 Å². The smallest absolute Gasteiger partial charge is 0.295 e. The summed E-state index contributed by atoms with van der Waals surface area (Å²) in [6, 6.07) is 7.17. The first-order valence-corrected chi connectivity index (χ1v) is 13.5. The van der Waals surface area contributed by atoms with Crippen LogP contribution in [0, 0.1) is 41.2 Å². The zero-order valence-electron chi connectivity index (χ0n) is 20.4. The highest BCUT2D eigenvalue weighted by molar-refractivity contribution is 9.10. The van der Waals surface area contributed by atoms with Gasteiger partial charge in [-0.05, 0) is 82.4 Å². The second-order valence-electron chi connectivity index (χ2n) is 11.4. The third-order valence-corrected chi connectivity index (χ3v) is 9.70. The number of aryl methyl sites for hydroxylation is 2. The van der Waals surface area contributed by atoms with Gasteiger partial charge in [-0.2, -0.15) is 5.10 Å². The lowest BCUT2D eigenvalue weighted by molar-refractivity contribution is -0.384. The summed E-state index contributed by atoms with van der Waals surface area (Å²) in [5.74, 6) is 1.74. The molecule has 7 rings (SSSR count). The summed E-state index contributed by atoms with van der Waals surface area (Å²) in [6.45, 7) is 6.62. The molecule has 0 radical (unpaired) electrons. The molecule has 2 heterocycles. The van der Waals surface area contributed by atoms with Crippen LogP contribution in [-0.4, -0.2) is 56.0 Å². The van der Waals surface area contributed by atoms with Gasteiger partial charge in [-0.15, -0.1) is 0 Å². The largest absolute Gasteiger partial charge is 0.368 e. The van der Waals surface area contributed by atoms with Crippen molar-refractivity contribution in [2.45, 2.75) is 56.7 Å². The number of halogens is 1. The van der Waals surface area contributed by atoms with Gasteiger partial charge in [0.1, 0.15) is 5.69 Å². The lowest BCUT2D eigenvalue weighted by Gasteiger charge is -2.60. The second-order valence-corrected chi connectivity index (χ2v) is 13.1. The molecule has 4 aliphatic carbocycles. The van der Waals surface area contributed by atoms with Gasteiger partial charge in [-0.25, -0.2) is 4.68 Å². The van der Waals surface area contributed by atoms with E-state index in [-0.39, 0.29) is 20.3 Å². The van der Waals surface area contributed by atoms with E-state index >= 15 is 0 Å². The van der Waals surface area contributed by atoms with Crippen molar-refractivity contribution in [1.82, 2.24) is 14.7 Å². The average molecular weight is 542 g/mol. The van der Waals surface area contributed by atoms with Crippen LogP contribution >= 0.6 is 15.9 Å². The molecule has 1 aliphatic heterocycles. The average Bonchev–Trinajstić information content (AvgIpc) is 3.14. The Hall–Kier alpha value is -2.42. The number of rotatable bonds is 4. The number of anilines is 1. The van der Waals surface area contributed by atoms with Crippen LogP contribution in [0.5, 0.6) is 0 Å². The molecule has 8 nitrogen and oxygen atoms in total. The number of aromatic nitrogens is 2. The Morgan fingerprint density at radius 1 is 1.09 bits per heavy atom. The summed E-state index contributed by atoms with van der Waals surface area (Å²) >= 11 is 4.04. The monoisotopic (exact) mass is 541 g/mol. The quantitative estimate of drug-likeness (QED) is 0.316. The molecular weight excluding hydrogens is 510 g/mol. The maximum atomic E-state index is 13.8. The standard InChI is InChI=1S/C26H32BrN5O3/c1-17-9-18(2)31(28-17)23-11-21(3-4-22(23)32(34)35)29-5-7-30(8-6-29)24(33)25-12-19-10-20(13-25)15-26(27,14-19)16-25/h3-4,9,11,19-20H,5-8,10,12-16H2,1-2H3. The van der Waals surface area contributed by atoms with Crippen molar-refractivity contribution < 1.29 is 9.72 Å². The molecule has 9 heteroatoms. The Bertz CT molecular complexity index is 1190. The van der Waals surface area contributed by atoms with E-state index in [1.54, 1.807) is 10.7 Å². The van der Waals surface area contributed by atoms with Crippen LogP contribution in [0.15, 0.2) is 24.3 Å². The van der Waals surface area contributed by atoms with Gasteiger partial charge in [0, 0.05) is 48.0 Å². The van der Waals surface area contributed by atoms with Crippen LogP contribution in [-0.2, 0) is 4.79 Å². The Balaban J connectivity index is 1.20. The van der Waals surface area contributed by atoms with Crippen LogP contribution in [0.3, 0.4) is 0 Å². The number of piperazine rings is 1. The van der Waals surface area contributed by atoms with Crippen LogP contribution in [0.25, 0.3) is 5.69 Å². The van der Waals surface area contributed by atoms with Crippen molar-refractivity contribution in [3.63, 3.8) is 0 Å². The zero-order chi connectivity index (χ0) is 24.5. The summed E-state index contributed by atoms with van der Waals surface area (Å²) in [4.78, 5) is 29.5. The third-order valence-electron chi connectivity index (χ3n) is 8.77. The minimum Gasteiger partial charge on any atom is -0.368 e. The summed E-state index contributed by atoms with van der Waals surface area (Å²) in [5.41, 5.74) is 2.96. The Morgan fingerprint density at radius 2 is 1.77 bits per heavy atom. The fraction of sp³-hybridized carbons (Fsp3) is 0.615. The Morgan fingerprint density at radius 3 is 2.34 bits per heavy atom. The Kier molecular flexibility index (Phi) is 5.29. The van der Waals surface area contributed by atoms with Gasteiger partial charge >= 0.3 is 0 Å². The molecule has 1 aromatic carbocycles. The van der Waals surface area contributed by atoms with E-state index in [1.165, 1.54) is 19.3 Å². The molecule has 2 unspecified atom stereocenters. The molecule has 186 valence electrons. The number of amides is 1.